The fourth-order valence-electron chi connectivity index (χ4n) is 7.91. The summed E-state index contributed by atoms with van der Waals surface area (Å²) in [6, 6.07) is -1.48. The molecule has 0 aliphatic heterocycles. The fourth-order valence-corrected chi connectivity index (χ4v) is 8.69. The standard InChI is InChI=1S/C55H104NO9P/c1-3-5-7-9-11-13-15-17-19-21-23-25-27-29-31-33-35-37-39-41-43-45-47-54(57)65-52(50-63-66(60,61)64-51-53(56)55(58)59)49-62-48-46-44-42-40-38-36-34-32-30-28-26-24-22-20-18-16-14-12-10-8-6-4-2/h16,18,22,24,28,30,52-53H,3-15,17,19-21,23,25-27,29,31-51,56H2,1-2H3,(H,58,59)(H,60,61)/b18-16-,24-22-,30-28-. The van der Waals surface area contributed by atoms with E-state index in [9.17, 15) is 19.0 Å². The van der Waals surface area contributed by atoms with Crippen LogP contribution in [0.3, 0.4) is 0 Å². The Hall–Kier alpha value is -1.81. The van der Waals surface area contributed by atoms with Crippen molar-refractivity contribution in [3.63, 3.8) is 0 Å². The molecule has 0 bridgehead atoms. The summed E-state index contributed by atoms with van der Waals surface area (Å²) in [5.41, 5.74) is 5.38. The molecule has 0 heterocycles. The summed E-state index contributed by atoms with van der Waals surface area (Å²) in [6.45, 7) is 3.90. The average Bonchev–Trinajstić information content (AvgIpc) is 3.30. The van der Waals surface area contributed by atoms with Gasteiger partial charge in [-0.2, -0.15) is 0 Å². The number of esters is 1. The van der Waals surface area contributed by atoms with E-state index in [2.05, 4.69) is 50.3 Å². The topological polar surface area (TPSA) is 155 Å². The molecule has 11 heteroatoms. The Bertz CT molecular complexity index is 1190. The Morgan fingerprint density at radius 2 is 0.833 bits per heavy atom. The minimum absolute atomic E-state index is 0.0132. The lowest BCUT2D eigenvalue weighted by molar-refractivity contribution is -0.154. The summed E-state index contributed by atoms with van der Waals surface area (Å²) in [6.07, 6.45) is 60.6. The molecule has 388 valence electrons. The van der Waals surface area contributed by atoms with Crippen molar-refractivity contribution < 1.29 is 42.7 Å². The zero-order valence-corrected chi connectivity index (χ0v) is 43.7. The summed E-state index contributed by atoms with van der Waals surface area (Å²) in [5.74, 6) is -1.77. The number of unbranched alkanes of at least 4 members (excludes halogenated alkanes) is 33. The number of aliphatic carboxylic acids is 1. The first-order valence-electron chi connectivity index (χ1n) is 27.5. The number of ether oxygens (including phenoxy) is 2. The first kappa shape index (κ1) is 64.2. The van der Waals surface area contributed by atoms with E-state index in [1.807, 2.05) is 0 Å². The SMILES string of the molecule is CCCCCCC/C=C\C/C=C\C/C=C\CCCCCCCCCOCC(COP(=O)(O)OCC(N)C(=O)O)OC(=O)CCCCCCCCCCCCCCCCCCCCCCCC. The van der Waals surface area contributed by atoms with Crippen molar-refractivity contribution in [1.29, 1.82) is 0 Å². The molecule has 0 radical (unpaired) electrons. The molecule has 66 heavy (non-hydrogen) atoms. The zero-order valence-electron chi connectivity index (χ0n) is 42.8. The first-order valence-corrected chi connectivity index (χ1v) is 29.0. The normalized spacial score (nSPS) is 13.9. The van der Waals surface area contributed by atoms with Gasteiger partial charge >= 0.3 is 19.8 Å². The maximum absolute atomic E-state index is 12.7. The van der Waals surface area contributed by atoms with Crippen LogP contribution in [0.4, 0.5) is 0 Å². The van der Waals surface area contributed by atoms with Crippen LogP contribution in [0.2, 0.25) is 0 Å². The quantitative estimate of drug-likeness (QED) is 0.0232. The molecule has 0 aromatic rings. The van der Waals surface area contributed by atoms with Crippen LogP contribution in [-0.2, 0) is 32.7 Å². The highest BCUT2D eigenvalue weighted by atomic mass is 31.2. The summed E-state index contributed by atoms with van der Waals surface area (Å²) < 4.78 is 33.6. The molecule has 4 N–H and O–H groups in total. The average molecular weight is 954 g/mol. The predicted molar refractivity (Wildman–Crippen MR) is 277 cm³/mol. The number of rotatable bonds is 53. The number of allylic oxidation sites excluding steroid dienone is 6. The minimum atomic E-state index is -4.63. The number of hydrogen-bond donors (Lipinski definition) is 3. The van der Waals surface area contributed by atoms with Crippen molar-refractivity contribution in [3.05, 3.63) is 36.5 Å². The second-order valence-electron chi connectivity index (χ2n) is 18.7. The van der Waals surface area contributed by atoms with Gasteiger partial charge in [0, 0.05) is 13.0 Å². The highest BCUT2D eigenvalue weighted by Crippen LogP contribution is 2.43. The molecule has 0 aromatic heterocycles. The van der Waals surface area contributed by atoms with Gasteiger partial charge in [-0.25, -0.2) is 4.57 Å². The smallest absolute Gasteiger partial charge is 0.472 e. The molecule has 0 spiro atoms. The van der Waals surface area contributed by atoms with Gasteiger partial charge in [-0.1, -0.05) is 243 Å². The predicted octanol–water partition coefficient (Wildman–Crippen LogP) is 16.4. The minimum Gasteiger partial charge on any atom is -0.480 e. The third kappa shape index (κ3) is 50.1. The van der Waals surface area contributed by atoms with E-state index >= 15 is 0 Å². The third-order valence-corrected chi connectivity index (χ3v) is 13.1. The maximum atomic E-state index is 12.7. The van der Waals surface area contributed by atoms with Crippen molar-refractivity contribution >= 4 is 19.8 Å². The summed E-state index contributed by atoms with van der Waals surface area (Å²) in [7, 11) is -4.63. The van der Waals surface area contributed by atoms with E-state index in [-0.39, 0.29) is 13.0 Å². The maximum Gasteiger partial charge on any atom is 0.472 e. The molecular weight excluding hydrogens is 850 g/mol. The van der Waals surface area contributed by atoms with Crippen LogP contribution in [0.5, 0.6) is 0 Å². The van der Waals surface area contributed by atoms with Crippen LogP contribution in [0.25, 0.3) is 0 Å². The van der Waals surface area contributed by atoms with Gasteiger partial charge < -0.3 is 25.2 Å². The monoisotopic (exact) mass is 954 g/mol. The number of phosphoric acid groups is 1. The van der Waals surface area contributed by atoms with Gasteiger partial charge in [-0.05, 0) is 51.4 Å². The van der Waals surface area contributed by atoms with E-state index in [1.165, 1.54) is 186 Å². The number of carboxylic acids is 1. The van der Waals surface area contributed by atoms with Crippen LogP contribution in [0, 0.1) is 0 Å². The lowest BCUT2D eigenvalue weighted by Gasteiger charge is -2.20. The molecule has 0 fully saturated rings. The van der Waals surface area contributed by atoms with Gasteiger partial charge in [0.15, 0.2) is 0 Å². The lowest BCUT2D eigenvalue weighted by Crippen LogP contribution is -2.34. The number of hydrogen-bond acceptors (Lipinski definition) is 8. The number of carboxylic acid groups (broad SMARTS) is 1. The van der Waals surface area contributed by atoms with Gasteiger partial charge in [0.05, 0.1) is 19.8 Å². The van der Waals surface area contributed by atoms with Crippen LogP contribution in [-0.4, -0.2) is 60.5 Å². The van der Waals surface area contributed by atoms with Gasteiger partial charge in [0.2, 0.25) is 0 Å². The number of nitrogens with two attached hydrogens (primary N) is 1. The molecule has 0 saturated heterocycles. The summed E-state index contributed by atoms with van der Waals surface area (Å²) >= 11 is 0. The molecular formula is C55H104NO9P. The fraction of sp³-hybridized carbons (Fsp3) is 0.855. The van der Waals surface area contributed by atoms with Gasteiger partial charge in [-0.15, -0.1) is 0 Å². The Labute approximate surface area is 406 Å². The van der Waals surface area contributed by atoms with E-state index < -0.39 is 45.1 Å². The largest absolute Gasteiger partial charge is 0.480 e. The Kier molecular flexibility index (Phi) is 49.7. The van der Waals surface area contributed by atoms with E-state index in [0.717, 1.165) is 51.4 Å². The van der Waals surface area contributed by atoms with Gasteiger partial charge in [0.1, 0.15) is 12.1 Å². The van der Waals surface area contributed by atoms with Gasteiger partial charge in [0.25, 0.3) is 0 Å². The van der Waals surface area contributed by atoms with Crippen LogP contribution in [0.15, 0.2) is 36.5 Å². The highest BCUT2D eigenvalue weighted by Gasteiger charge is 2.27. The molecule has 0 aromatic carbocycles. The second kappa shape index (κ2) is 51.1. The summed E-state index contributed by atoms with van der Waals surface area (Å²) in [4.78, 5) is 33.8. The Morgan fingerprint density at radius 3 is 1.24 bits per heavy atom. The lowest BCUT2D eigenvalue weighted by atomic mass is 10.0. The van der Waals surface area contributed by atoms with Crippen LogP contribution >= 0.6 is 7.82 Å². The van der Waals surface area contributed by atoms with E-state index in [1.54, 1.807) is 0 Å². The van der Waals surface area contributed by atoms with Crippen LogP contribution < -0.4 is 5.73 Å². The van der Waals surface area contributed by atoms with Gasteiger partial charge in [-0.3, -0.25) is 18.6 Å². The third-order valence-electron chi connectivity index (χ3n) is 12.2. The molecule has 3 unspecified atom stereocenters. The molecule has 10 nitrogen and oxygen atoms in total. The molecule has 0 rings (SSSR count). The van der Waals surface area contributed by atoms with Crippen molar-refractivity contribution in [2.45, 2.75) is 276 Å². The van der Waals surface area contributed by atoms with Crippen molar-refractivity contribution in [2.24, 2.45) is 5.73 Å². The number of phosphoric ester groups is 1. The van der Waals surface area contributed by atoms with E-state index in [0.29, 0.717) is 13.0 Å². The molecule has 3 atom stereocenters. The van der Waals surface area contributed by atoms with Crippen molar-refractivity contribution in [1.82, 2.24) is 0 Å². The number of carbonyl (C=O) groups excluding carboxylic acids is 1. The molecule has 0 saturated carbocycles. The van der Waals surface area contributed by atoms with E-state index in [4.69, 9.17) is 29.4 Å². The highest BCUT2D eigenvalue weighted by molar-refractivity contribution is 7.47. The Morgan fingerprint density at radius 1 is 0.485 bits per heavy atom. The van der Waals surface area contributed by atoms with Crippen molar-refractivity contribution in [3.8, 4) is 0 Å². The summed E-state index contributed by atoms with van der Waals surface area (Å²) in [5, 5.41) is 8.94. The Balaban J connectivity index is 4.10. The first-order chi connectivity index (χ1) is 32.2. The zero-order chi connectivity index (χ0) is 48.3. The molecule has 0 aliphatic carbocycles. The van der Waals surface area contributed by atoms with Crippen LogP contribution in [0.1, 0.15) is 264 Å². The molecule has 0 amide bonds. The molecule has 0 aliphatic rings. The number of carbonyl (C=O) groups is 2. The van der Waals surface area contributed by atoms with Crippen molar-refractivity contribution in [2.75, 3.05) is 26.4 Å². The second-order valence-corrected chi connectivity index (χ2v) is 20.2.